The smallest absolute Gasteiger partial charge is 0.283 e. The Bertz CT molecular complexity index is 776. The highest BCUT2D eigenvalue weighted by molar-refractivity contribution is 9.26. The van der Waals surface area contributed by atoms with Gasteiger partial charge in [-0.3, -0.25) is 9.59 Å². The quantitative estimate of drug-likeness (QED) is 0.734. The van der Waals surface area contributed by atoms with E-state index in [1.165, 1.54) is 5.01 Å². The molecule has 3 rings (SSSR count). The number of nitrogens with zero attached hydrogens (tertiary/aromatic N) is 2. The lowest BCUT2D eigenvalue weighted by Crippen LogP contribution is -2.43. The standard InChI is InChI=1S/C16H11Br2N3O2/c17-16(18)14(19-13(22)11-7-3-1-4-8-11)20-21(15(16)23)12-9-5-2-6-10-12/h1-10H,(H,19,20,22). The van der Waals surface area contributed by atoms with Gasteiger partial charge in [0.1, 0.15) is 0 Å². The van der Waals surface area contributed by atoms with Crippen LogP contribution in [0.1, 0.15) is 10.4 Å². The van der Waals surface area contributed by atoms with Gasteiger partial charge in [-0.2, -0.15) is 5.01 Å². The van der Waals surface area contributed by atoms with E-state index in [2.05, 4.69) is 42.3 Å². The molecule has 0 bridgehead atoms. The number of carbonyl (C=O) groups excluding carboxylic acids is 2. The molecule has 2 aromatic rings. The van der Waals surface area contributed by atoms with E-state index in [1.807, 2.05) is 24.3 Å². The predicted octanol–water partition coefficient (Wildman–Crippen LogP) is 3.26. The number of hydrogen-bond donors (Lipinski definition) is 1. The average molecular weight is 437 g/mol. The molecule has 2 amide bonds. The van der Waals surface area contributed by atoms with E-state index in [0.29, 0.717) is 11.3 Å². The third-order valence-electron chi connectivity index (χ3n) is 3.23. The lowest BCUT2D eigenvalue weighted by atomic mass is 10.2. The van der Waals surface area contributed by atoms with Crippen LogP contribution in [0.4, 0.5) is 5.69 Å². The fraction of sp³-hybridized carbons (Fsp3) is 0.0625. The third-order valence-corrected chi connectivity index (χ3v) is 4.66. The van der Waals surface area contributed by atoms with E-state index < -0.39 is 3.23 Å². The summed E-state index contributed by atoms with van der Waals surface area (Å²) in [4.78, 5) is 24.8. The number of amides is 2. The number of anilines is 1. The van der Waals surface area contributed by atoms with Crippen LogP contribution in [0, 0.1) is 0 Å². The highest BCUT2D eigenvalue weighted by Gasteiger charge is 2.49. The van der Waals surface area contributed by atoms with Crippen LogP contribution in [-0.4, -0.2) is 20.9 Å². The number of hydrogen-bond acceptors (Lipinski definition) is 3. The molecule has 7 heteroatoms. The summed E-state index contributed by atoms with van der Waals surface area (Å²) in [5.74, 6) is -0.498. The number of hydrazone groups is 1. The van der Waals surface area contributed by atoms with Crippen LogP contribution in [0.5, 0.6) is 0 Å². The number of halogens is 2. The minimum absolute atomic E-state index is 0.181. The first-order chi connectivity index (χ1) is 11.0. The van der Waals surface area contributed by atoms with E-state index in [-0.39, 0.29) is 17.6 Å². The summed E-state index contributed by atoms with van der Waals surface area (Å²) >= 11 is 6.59. The van der Waals surface area contributed by atoms with Crippen molar-refractivity contribution in [1.29, 1.82) is 0 Å². The van der Waals surface area contributed by atoms with Crippen LogP contribution in [0.15, 0.2) is 65.8 Å². The number of amidine groups is 1. The van der Waals surface area contributed by atoms with Crippen molar-refractivity contribution in [3.8, 4) is 0 Å². The summed E-state index contributed by atoms with van der Waals surface area (Å²) < 4.78 is -1.26. The summed E-state index contributed by atoms with van der Waals surface area (Å²) in [6, 6.07) is 17.7. The molecule has 0 fully saturated rings. The highest BCUT2D eigenvalue weighted by atomic mass is 79.9. The molecule has 0 saturated carbocycles. The maximum atomic E-state index is 12.5. The van der Waals surface area contributed by atoms with Gasteiger partial charge >= 0.3 is 0 Å². The first-order valence-corrected chi connectivity index (χ1v) is 8.31. The normalized spacial score (nSPS) is 16.2. The fourth-order valence-electron chi connectivity index (χ4n) is 2.06. The Balaban J connectivity index is 1.88. The van der Waals surface area contributed by atoms with Gasteiger partial charge in [-0.15, -0.1) is 5.10 Å². The molecule has 0 aromatic heterocycles. The molecule has 1 heterocycles. The Kier molecular flexibility index (Phi) is 4.32. The number of benzene rings is 2. The lowest BCUT2D eigenvalue weighted by molar-refractivity contribution is -0.116. The lowest BCUT2D eigenvalue weighted by Gasteiger charge is -2.16. The Labute approximate surface area is 149 Å². The maximum Gasteiger partial charge on any atom is 0.283 e. The van der Waals surface area contributed by atoms with Crippen molar-refractivity contribution in [1.82, 2.24) is 5.32 Å². The molecule has 23 heavy (non-hydrogen) atoms. The van der Waals surface area contributed by atoms with Crippen LogP contribution in [-0.2, 0) is 4.79 Å². The number of nitrogens with one attached hydrogen (secondary N) is 1. The van der Waals surface area contributed by atoms with E-state index in [4.69, 9.17) is 0 Å². The third kappa shape index (κ3) is 3.07. The summed E-state index contributed by atoms with van der Waals surface area (Å²) in [5.41, 5.74) is 1.10. The van der Waals surface area contributed by atoms with Gasteiger partial charge < -0.3 is 5.32 Å². The molecule has 0 saturated heterocycles. The SMILES string of the molecule is O=C(NC1=NN(c2ccccc2)C(=O)C1(Br)Br)c1ccccc1. The average Bonchev–Trinajstić information content (AvgIpc) is 2.80. The van der Waals surface area contributed by atoms with Gasteiger partial charge in [0.25, 0.3) is 11.8 Å². The van der Waals surface area contributed by atoms with Crippen molar-refractivity contribution in [3.05, 3.63) is 66.2 Å². The van der Waals surface area contributed by atoms with E-state index >= 15 is 0 Å². The molecule has 0 unspecified atom stereocenters. The molecule has 1 N–H and O–H groups in total. The summed E-state index contributed by atoms with van der Waals surface area (Å²) in [5, 5.41) is 8.14. The summed E-state index contributed by atoms with van der Waals surface area (Å²) in [6.07, 6.45) is 0. The first kappa shape index (κ1) is 15.9. The monoisotopic (exact) mass is 435 g/mol. The molecule has 116 valence electrons. The van der Waals surface area contributed by atoms with Gasteiger partial charge in [-0.05, 0) is 24.3 Å². The van der Waals surface area contributed by atoms with Crippen molar-refractivity contribution >= 4 is 55.2 Å². The topological polar surface area (TPSA) is 61.8 Å². The molecule has 0 atom stereocenters. The van der Waals surface area contributed by atoms with Crippen molar-refractivity contribution in [2.75, 3.05) is 5.01 Å². The number of carbonyl (C=O) groups is 2. The van der Waals surface area contributed by atoms with E-state index in [9.17, 15) is 9.59 Å². The predicted molar refractivity (Wildman–Crippen MR) is 95.9 cm³/mol. The Morgan fingerprint density at radius 2 is 1.57 bits per heavy atom. The van der Waals surface area contributed by atoms with Crippen LogP contribution in [0.25, 0.3) is 0 Å². The number of alkyl halides is 2. The molecule has 1 aliphatic heterocycles. The zero-order valence-corrected chi connectivity index (χ0v) is 14.9. The van der Waals surface area contributed by atoms with E-state index in [1.54, 1.807) is 36.4 Å². The fourth-order valence-corrected chi connectivity index (χ4v) is 2.75. The first-order valence-electron chi connectivity index (χ1n) is 6.73. The minimum Gasteiger partial charge on any atom is -0.306 e. The van der Waals surface area contributed by atoms with Gasteiger partial charge in [-0.1, -0.05) is 68.3 Å². The molecule has 0 radical (unpaired) electrons. The van der Waals surface area contributed by atoms with Gasteiger partial charge in [0.05, 0.1) is 5.69 Å². The number of para-hydroxylation sites is 1. The largest absolute Gasteiger partial charge is 0.306 e. The summed E-state index contributed by atoms with van der Waals surface area (Å²) in [7, 11) is 0. The van der Waals surface area contributed by atoms with Gasteiger partial charge in [0, 0.05) is 5.56 Å². The van der Waals surface area contributed by atoms with Crippen LogP contribution >= 0.6 is 31.9 Å². The van der Waals surface area contributed by atoms with E-state index in [0.717, 1.165) is 0 Å². The molecule has 2 aromatic carbocycles. The van der Waals surface area contributed by atoms with Crippen molar-refractivity contribution < 1.29 is 9.59 Å². The van der Waals surface area contributed by atoms with Gasteiger partial charge in [0.15, 0.2) is 5.84 Å². The zero-order chi connectivity index (χ0) is 16.4. The maximum absolute atomic E-state index is 12.5. The molecular formula is C16H11Br2N3O2. The van der Waals surface area contributed by atoms with Crippen LogP contribution in [0.3, 0.4) is 0 Å². The van der Waals surface area contributed by atoms with Gasteiger partial charge in [0.2, 0.25) is 3.23 Å². The molecule has 0 aliphatic carbocycles. The number of rotatable bonds is 2. The second-order valence-corrected chi connectivity index (χ2v) is 8.24. The van der Waals surface area contributed by atoms with Crippen molar-refractivity contribution in [2.45, 2.75) is 3.23 Å². The van der Waals surface area contributed by atoms with Crippen LogP contribution < -0.4 is 10.3 Å². The minimum atomic E-state index is -1.26. The van der Waals surface area contributed by atoms with Gasteiger partial charge in [-0.25, -0.2) is 0 Å². The molecule has 0 spiro atoms. The van der Waals surface area contributed by atoms with Crippen LogP contribution in [0.2, 0.25) is 0 Å². The van der Waals surface area contributed by atoms with Crippen molar-refractivity contribution in [2.24, 2.45) is 5.10 Å². The summed E-state index contributed by atoms with van der Waals surface area (Å²) in [6.45, 7) is 0. The second-order valence-electron chi connectivity index (χ2n) is 4.80. The molecule has 1 aliphatic rings. The Morgan fingerprint density at radius 3 is 2.17 bits per heavy atom. The Hall–Kier alpha value is -1.99. The highest BCUT2D eigenvalue weighted by Crippen LogP contribution is 2.37. The Morgan fingerprint density at radius 1 is 1.00 bits per heavy atom. The molecular weight excluding hydrogens is 426 g/mol. The molecule has 5 nitrogen and oxygen atoms in total. The zero-order valence-electron chi connectivity index (χ0n) is 11.7. The second kappa shape index (κ2) is 6.25. The van der Waals surface area contributed by atoms with Crippen molar-refractivity contribution in [3.63, 3.8) is 0 Å².